The van der Waals surface area contributed by atoms with E-state index in [1.54, 1.807) is 23.3 Å². The Labute approximate surface area is 144 Å². The normalized spacial score (nSPS) is 11.0. The van der Waals surface area contributed by atoms with Gasteiger partial charge in [0.15, 0.2) is 5.82 Å². The predicted molar refractivity (Wildman–Crippen MR) is 95.9 cm³/mol. The van der Waals surface area contributed by atoms with E-state index in [2.05, 4.69) is 27.2 Å². The Bertz CT molecular complexity index is 868. The van der Waals surface area contributed by atoms with E-state index < -0.39 is 0 Å². The van der Waals surface area contributed by atoms with Gasteiger partial charge in [0.25, 0.3) is 0 Å². The molecule has 0 saturated heterocycles. The molecule has 3 aromatic rings. The van der Waals surface area contributed by atoms with E-state index in [9.17, 15) is 0 Å². The lowest BCUT2D eigenvalue weighted by molar-refractivity contribution is 0.317. The molecule has 3 rings (SSSR count). The third-order valence-corrected chi connectivity index (χ3v) is 3.51. The molecule has 0 bridgehead atoms. The number of aromatic amines is 1. The van der Waals surface area contributed by atoms with Gasteiger partial charge in [0.1, 0.15) is 5.75 Å². The van der Waals surface area contributed by atoms with Crippen LogP contribution < -0.4 is 4.74 Å². The van der Waals surface area contributed by atoms with E-state index in [1.807, 2.05) is 36.4 Å². The minimum Gasteiger partial charge on any atom is -0.494 e. The van der Waals surface area contributed by atoms with E-state index in [1.165, 1.54) is 0 Å². The smallest absolute Gasteiger partial charge is 0.216 e. The summed E-state index contributed by atoms with van der Waals surface area (Å²) in [6, 6.07) is 11.5. The maximum atomic E-state index is 5.57. The van der Waals surface area contributed by atoms with Crippen LogP contribution in [-0.2, 0) is 0 Å². The predicted octanol–water partition coefficient (Wildman–Crippen LogP) is 3.67. The average molecular weight is 339 g/mol. The van der Waals surface area contributed by atoms with Gasteiger partial charge < -0.3 is 4.74 Å². The fourth-order valence-electron chi connectivity index (χ4n) is 2.08. The number of hydrogen-bond acceptors (Lipinski definition) is 5. The van der Waals surface area contributed by atoms with Crippen molar-refractivity contribution in [1.29, 1.82) is 0 Å². The largest absolute Gasteiger partial charge is 0.494 e. The monoisotopic (exact) mass is 339 g/mol. The van der Waals surface area contributed by atoms with Gasteiger partial charge in [0.05, 0.1) is 12.8 Å². The number of ether oxygens (including phenoxy) is 1. The minimum absolute atomic E-state index is 0.424. The first-order chi connectivity index (χ1) is 11.8. The van der Waals surface area contributed by atoms with Crippen LogP contribution >= 0.6 is 12.2 Å². The third kappa shape index (κ3) is 3.75. The van der Waals surface area contributed by atoms with Gasteiger partial charge in [0, 0.05) is 18.0 Å². The number of benzene rings is 1. The first-order valence-corrected chi connectivity index (χ1v) is 8.04. The van der Waals surface area contributed by atoms with Gasteiger partial charge >= 0.3 is 0 Å². The standard InChI is InChI=1S/C17H17N5OS/c1-2-10-23-15-7-5-13(6-8-15)11-19-22-16(20-21-17(22)24)14-4-3-9-18-12-14/h3-9,11-12H,2,10H2,1H3,(H,21,24). The maximum Gasteiger partial charge on any atom is 0.216 e. The van der Waals surface area contributed by atoms with Gasteiger partial charge in [-0.3, -0.25) is 4.98 Å². The van der Waals surface area contributed by atoms with Crippen molar-refractivity contribution in [3.63, 3.8) is 0 Å². The van der Waals surface area contributed by atoms with Crippen molar-refractivity contribution in [2.45, 2.75) is 13.3 Å². The molecule has 1 N–H and O–H groups in total. The highest BCUT2D eigenvalue weighted by atomic mass is 32.1. The second-order valence-corrected chi connectivity index (χ2v) is 5.45. The van der Waals surface area contributed by atoms with Crippen molar-refractivity contribution in [2.75, 3.05) is 6.61 Å². The molecule has 0 radical (unpaired) electrons. The summed E-state index contributed by atoms with van der Waals surface area (Å²) in [4.78, 5) is 4.10. The van der Waals surface area contributed by atoms with Crippen molar-refractivity contribution >= 4 is 18.4 Å². The fourth-order valence-corrected chi connectivity index (χ4v) is 2.25. The molecule has 2 aromatic heterocycles. The average Bonchev–Trinajstić information content (AvgIpc) is 3.00. The van der Waals surface area contributed by atoms with Gasteiger partial charge in [-0.05, 0) is 60.6 Å². The SMILES string of the molecule is CCCOc1ccc(C=Nn2c(-c3cccnc3)n[nH]c2=S)cc1. The van der Waals surface area contributed by atoms with Crippen LogP contribution in [0, 0.1) is 4.77 Å². The van der Waals surface area contributed by atoms with Crippen LogP contribution in [0.25, 0.3) is 11.4 Å². The van der Waals surface area contributed by atoms with Crippen molar-refractivity contribution < 1.29 is 4.74 Å². The molecule has 6 nitrogen and oxygen atoms in total. The third-order valence-electron chi connectivity index (χ3n) is 3.25. The van der Waals surface area contributed by atoms with Crippen molar-refractivity contribution in [3.8, 4) is 17.1 Å². The van der Waals surface area contributed by atoms with Gasteiger partial charge in [-0.1, -0.05) is 6.92 Å². The zero-order valence-electron chi connectivity index (χ0n) is 13.2. The quantitative estimate of drug-likeness (QED) is 0.549. The van der Waals surface area contributed by atoms with Gasteiger partial charge in [-0.15, -0.1) is 0 Å². The molecule has 0 saturated carbocycles. The Balaban J connectivity index is 1.82. The van der Waals surface area contributed by atoms with Gasteiger partial charge in [0.2, 0.25) is 4.77 Å². The molecule has 7 heteroatoms. The molecular formula is C17H17N5OS. The Kier molecular flexibility index (Phi) is 5.12. The van der Waals surface area contributed by atoms with E-state index in [4.69, 9.17) is 17.0 Å². The molecule has 0 fully saturated rings. The number of H-pyrrole nitrogens is 1. The Morgan fingerprint density at radius 3 is 2.83 bits per heavy atom. The summed E-state index contributed by atoms with van der Waals surface area (Å²) in [7, 11) is 0. The molecule has 24 heavy (non-hydrogen) atoms. The first kappa shape index (κ1) is 16.1. The van der Waals surface area contributed by atoms with Crippen LogP contribution in [-0.4, -0.2) is 32.7 Å². The molecule has 0 aliphatic heterocycles. The molecule has 0 aliphatic carbocycles. The highest BCUT2D eigenvalue weighted by Crippen LogP contribution is 2.16. The zero-order valence-corrected chi connectivity index (χ0v) is 14.0. The number of nitrogens with one attached hydrogen (secondary N) is 1. The van der Waals surface area contributed by atoms with Crippen LogP contribution in [0.5, 0.6) is 5.75 Å². The molecule has 2 heterocycles. The Morgan fingerprint density at radius 1 is 1.29 bits per heavy atom. The molecular weight excluding hydrogens is 322 g/mol. The van der Waals surface area contributed by atoms with Crippen molar-refractivity contribution in [1.82, 2.24) is 19.9 Å². The molecule has 0 unspecified atom stereocenters. The number of nitrogens with zero attached hydrogens (tertiary/aromatic N) is 4. The second-order valence-electron chi connectivity index (χ2n) is 5.07. The van der Waals surface area contributed by atoms with Gasteiger partial charge in [-0.2, -0.15) is 14.9 Å². The van der Waals surface area contributed by atoms with Crippen LogP contribution in [0.4, 0.5) is 0 Å². The molecule has 122 valence electrons. The van der Waals surface area contributed by atoms with Crippen LogP contribution in [0.1, 0.15) is 18.9 Å². The number of aromatic nitrogens is 4. The molecule has 0 amide bonds. The van der Waals surface area contributed by atoms with E-state index in [-0.39, 0.29) is 0 Å². The van der Waals surface area contributed by atoms with E-state index in [0.717, 1.165) is 23.3 Å². The summed E-state index contributed by atoms with van der Waals surface area (Å²) in [5, 5.41) is 11.4. The number of pyridine rings is 1. The summed E-state index contributed by atoms with van der Waals surface area (Å²) < 4.78 is 7.57. The lowest BCUT2D eigenvalue weighted by Crippen LogP contribution is -1.96. The van der Waals surface area contributed by atoms with Gasteiger partial charge in [-0.25, -0.2) is 5.10 Å². The second kappa shape index (κ2) is 7.65. The summed E-state index contributed by atoms with van der Waals surface area (Å²) >= 11 is 5.25. The topological polar surface area (TPSA) is 68.1 Å². The zero-order chi connectivity index (χ0) is 16.8. The molecule has 0 spiro atoms. The summed E-state index contributed by atoms with van der Waals surface area (Å²) in [6.07, 6.45) is 6.14. The summed E-state index contributed by atoms with van der Waals surface area (Å²) in [5.74, 6) is 1.47. The van der Waals surface area contributed by atoms with Crippen LogP contribution in [0.2, 0.25) is 0 Å². The lowest BCUT2D eigenvalue weighted by Gasteiger charge is -2.04. The number of rotatable bonds is 6. The van der Waals surface area contributed by atoms with Crippen molar-refractivity contribution in [2.24, 2.45) is 5.10 Å². The molecule has 1 aromatic carbocycles. The highest BCUT2D eigenvalue weighted by Gasteiger charge is 2.07. The van der Waals surface area contributed by atoms with E-state index in [0.29, 0.717) is 17.2 Å². The summed E-state index contributed by atoms with van der Waals surface area (Å²) in [6.45, 7) is 2.79. The Morgan fingerprint density at radius 2 is 2.12 bits per heavy atom. The Hall–Kier alpha value is -2.80. The highest BCUT2D eigenvalue weighted by molar-refractivity contribution is 7.71. The number of hydrogen-bond donors (Lipinski definition) is 1. The lowest BCUT2D eigenvalue weighted by atomic mass is 10.2. The molecule has 0 atom stereocenters. The molecule has 0 aliphatic rings. The fraction of sp³-hybridized carbons (Fsp3) is 0.176. The van der Waals surface area contributed by atoms with Crippen molar-refractivity contribution in [3.05, 3.63) is 59.1 Å². The minimum atomic E-state index is 0.424. The van der Waals surface area contributed by atoms with E-state index >= 15 is 0 Å². The summed E-state index contributed by atoms with van der Waals surface area (Å²) in [5.41, 5.74) is 1.78. The van der Waals surface area contributed by atoms with Crippen LogP contribution in [0.3, 0.4) is 0 Å². The van der Waals surface area contributed by atoms with Crippen LogP contribution in [0.15, 0.2) is 53.9 Å². The maximum absolute atomic E-state index is 5.57. The first-order valence-electron chi connectivity index (χ1n) is 7.63.